The lowest BCUT2D eigenvalue weighted by Gasteiger charge is -2.18. The molecule has 2 rings (SSSR count). The number of ether oxygens (including phenoxy) is 3. The number of hydroxylamine groups is 2. The lowest BCUT2D eigenvalue weighted by Crippen LogP contribution is -2.32. The first kappa shape index (κ1) is 25.2. The smallest absolute Gasteiger partial charge is 0.493 e. The van der Waals surface area contributed by atoms with E-state index in [2.05, 4.69) is 17.5 Å². The normalized spacial score (nSPS) is 14.3. The van der Waals surface area contributed by atoms with Crippen LogP contribution in [0.15, 0.2) is 12.1 Å². The Morgan fingerprint density at radius 1 is 1.16 bits per heavy atom. The topological polar surface area (TPSA) is 135 Å². The third-order valence-electron chi connectivity index (χ3n) is 4.70. The van der Waals surface area contributed by atoms with Crippen LogP contribution in [-0.4, -0.2) is 47.4 Å². The molecule has 32 heavy (non-hydrogen) atoms. The maximum absolute atomic E-state index is 12.0. The maximum Gasteiger partial charge on any atom is 0.534 e. The third-order valence-corrected chi connectivity index (χ3v) is 5.02. The Morgan fingerprint density at radius 2 is 1.81 bits per heavy atom. The van der Waals surface area contributed by atoms with Crippen molar-refractivity contribution in [2.75, 3.05) is 19.5 Å². The highest BCUT2D eigenvalue weighted by Crippen LogP contribution is 2.38. The first-order valence-electron chi connectivity index (χ1n) is 10.1. The van der Waals surface area contributed by atoms with Gasteiger partial charge in [-0.1, -0.05) is 17.9 Å². The van der Waals surface area contributed by atoms with Gasteiger partial charge in [-0.3, -0.25) is 24.5 Å². The quantitative estimate of drug-likeness (QED) is 0.121. The van der Waals surface area contributed by atoms with Crippen molar-refractivity contribution in [1.82, 2.24) is 5.06 Å². The molecule has 1 saturated heterocycles. The van der Waals surface area contributed by atoms with E-state index in [1.165, 1.54) is 26.2 Å². The highest BCUT2D eigenvalue weighted by molar-refractivity contribution is 7.80. The molecule has 1 aromatic rings. The minimum absolute atomic E-state index is 0.0315. The number of unbranched alkanes of at least 4 members (excludes halogenated alkanes) is 3. The Kier molecular flexibility index (Phi) is 9.57. The van der Waals surface area contributed by atoms with Crippen molar-refractivity contribution < 1.29 is 38.4 Å². The molecule has 0 spiro atoms. The molecule has 1 atom stereocenters. The number of nitrogens with zero attached hydrogens (tertiary/aromatic N) is 2. The van der Waals surface area contributed by atoms with Gasteiger partial charge in [0.25, 0.3) is 17.5 Å². The van der Waals surface area contributed by atoms with E-state index < -0.39 is 29.0 Å². The lowest BCUT2D eigenvalue weighted by atomic mass is 10.1. The van der Waals surface area contributed by atoms with Crippen molar-refractivity contribution in [1.29, 1.82) is 0 Å². The van der Waals surface area contributed by atoms with Gasteiger partial charge in [0.15, 0.2) is 11.5 Å². The molecule has 1 heterocycles. The molecule has 12 heteroatoms. The number of thiol groups is 1. The second kappa shape index (κ2) is 12.1. The van der Waals surface area contributed by atoms with Gasteiger partial charge >= 0.3 is 6.16 Å². The molecule has 0 aliphatic carbocycles. The van der Waals surface area contributed by atoms with Crippen molar-refractivity contribution in [2.24, 2.45) is 0 Å². The zero-order valence-corrected chi connectivity index (χ0v) is 18.8. The summed E-state index contributed by atoms with van der Waals surface area (Å²) in [7, 11) is 1.38. The molecular weight excluding hydrogens is 444 g/mol. The fourth-order valence-corrected chi connectivity index (χ4v) is 3.26. The summed E-state index contributed by atoms with van der Waals surface area (Å²) in [6.45, 7) is 1.74. The minimum atomic E-state index is -1.34. The molecule has 1 unspecified atom stereocenters. The van der Waals surface area contributed by atoms with E-state index in [0.29, 0.717) is 11.7 Å². The zero-order chi connectivity index (χ0) is 23.7. The number of carbonyl (C=O) groups excluding carboxylic acids is 3. The number of rotatable bonds is 12. The molecule has 0 bridgehead atoms. The molecule has 1 aliphatic heterocycles. The summed E-state index contributed by atoms with van der Waals surface area (Å²) in [5.74, 6) is -0.0885. The molecule has 176 valence electrons. The average Bonchev–Trinajstić information content (AvgIpc) is 3.07. The lowest BCUT2D eigenvalue weighted by molar-refractivity contribution is -0.386. The van der Waals surface area contributed by atoms with Crippen LogP contribution in [0.2, 0.25) is 0 Å². The summed E-state index contributed by atoms with van der Waals surface area (Å²) in [5, 5.41) is 11.9. The van der Waals surface area contributed by atoms with Crippen LogP contribution in [0.3, 0.4) is 0 Å². The SMILES string of the molecule is COc1cc(C(C)OC(=O)ON2C(=O)CCC2=O)c([N+](=O)[O-])cc1OCCCCCCS. The first-order chi connectivity index (χ1) is 15.3. The Morgan fingerprint density at radius 3 is 2.41 bits per heavy atom. The summed E-state index contributed by atoms with van der Waals surface area (Å²) in [6.07, 6.45) is 1.12. The van der Waals surface area contributed by atoms with Crippen molar-refractivity contribution in [3.63, 3.8) is 0 Å². The zero-order valence-electron chi connectivity index (χ0n) is 17.9. The number of methoxy groups -OCH3 is 1. The Labute approximate surface area is 190 Å². The van der Waals surface area contributed by atoms with E-state index in [-0.39, 0.29) is 35.6 Å². The Hall–Kier alpha value is -3.02. The number of nitro groups is 1. The fourth-order valence-electron chi connectivity index (χ4n) is 3.03. The number of imide groups is 1. The molecule has 2 amide bonds. The van der Waals surface area contributed by atoms with Crippen LogP contribution in [0.5, 0.6) is 11.5 Å². The van der Waals surface area contributed by atoms with Crippen LogP contribution in [-0.2, 0) is 19.2 Å². The van der Waals surface area contributed by atoms with Crippen molar-refractivity contribution in [2.45, 2.75) is 51.6 Å². The van der Waals surface area contributed by atoms with Gasteiger partial charge in [0.1, 0.15) is 6.10 Å². The van der Waals surface area contributed by atoms with Crippen molar-refractivity contribution in [3.8, 4) is 11.5 Å². The number of nitro benzene ring substituents is 1. The molecule has 0 N–H and O–H groups in total. The summed E-state index contributed by atoms with van der Waals surface area (Å²) >= 11 is 4.16. The van der Waals surface area contributed by atoms with Gasteiger partial charge in [0.05, 0.1) is 30.3 Å². The molecule has 11 nitrogen and oxygen atoms in total. The summed E-state index contributed by atoms with van der Waals surface area (Å²) in [5.41, 5.74) is -0.312. The standard InChI is InChI=1S/C20H26N2O9S/c1-13(30-20(25)31-21-18(23)7-8-19(21)24)14-11-16(28-2)17(12-15(14)22(26)27)29-9-5-3-4-6-10-32/h11-13,32H,3-10H2,1-2H3. The van der Waals surface area contributed by atoms with E-state index in [4.69, 9.17) is 14.2 Å². The minimum Gasteiger partial charge on any atom is -0.493 e. The fraction of sp³-hybridized carbons (Fsp3) is 0.550. The van der Waals surface area contributed by atoms with Crippen LogP contribution in [0.1, 0.15) is 57.1 Å². The van der Waals surface area contributed by atoms with E-state index in [0.717, 1.165) is 31.4 Å². The van der Waals surface area contributed by atoms with Crippen molar-refractivity contribution >= 4 is 36.3 Å². The molecule has 0 aromatic heterocycles. The van der Waals surface area contributed by atoms with Gasteiger partial charge in [-0.25, -0.2) is 4.79 Å². The number of hydrogen-bond donors (Lipinski definition) is 1. The second-order valence-electron chi connectivity index (χ2n) is 6.99. The highest BCUT2D eigenvalue weighted by atomic mass is 32.1. The van der Waals surface area contributed by atoms with Crippen LogP contribution in [0.25, 0.3) is 0 Å². The predicted octanol–water partition coefficient (Wildman–Crippen LogP) is 3.75. The van der Waals surface area contributed by atoms with E-state index in [1.54, 1.807) is 0 Å². The monoisotopic (exact) mass is 470 g/mol. The number of hydrogen-bond acceptors (Lipinski definition) is 10. The van der Waals surface area contributed by atoms with Gasteiger partial charge in [-0.15, -0.1) is 0 Å². The van der Waals surface area contributed by atoms with E-state index >= 15 is 0 Å². The van der Waals surface area contributed by atoms with Gasteiger partial charge in [0, 0.05) is 12.8 Å². The van der Waals surface area contributed by atoms with E-state index in [9.17, 15) is 24.5 Å². The average molecular weight is 471 g/mol. The highest BCUT2D eigenvalue weighted by Gasteiger charge is 2.34. The third kappa shape index (κ3) is 6.74. The molecule has 0 radical (unpaired) electrons. The van der Waals surface area contributed by atoms with Crippen molar-refractivity contribution in [3.05, 3.63) is 27.8 Å². The second-order valence-corrected chi connectivity index (χ2v) is 7.44. The first-order valence-corrected chi connectivity index (χ1v) is 10.8. The van der Waals surface area contributed by atoms with Gasteiger partial charge in [-0.2, -0.15) is 12.6 Å². The van der Waals surface area contributed by atoms with Crippen LogP contribution in [0.4, 0.5) is 10.5 Å². The predicted molar refractivity (Wildman–Crippen MR) is 115 cm³/mol. The molecule has 1 fully saturated rings. The van der Waals surface area contributed by atoms with Crippen LogP contribution >= 0.6 is 12.6 Å². The van der Waals surface area contributed by atoms with Gasteiger partial charge in [-0.05, 0) is 31.6 Å². The summed E-state index contributed by atoms with van der Waals surface area (Å²) in [4.78, 5) is 50.7. The van der Waals surface area contributed by atoms with Gasteiger partial charge in [0.2, 0.25) is 0 Å². The number of carbonyl (C=O) groups is 3. The number of benzene rings is 1. The summed E-state index contributed by atoms with van der Waals surface area (Å²) < 4.78 is 16.0. The summed E-state index contributed by atoms with van der Waals surface area (Å²) in [6, 6.07) is 2.55. The van der Waals surface area contributed by atoms with Crippen LogP contribution in [0, 0.1) is 10.1 Å². The molecular formula is C20H26N2O9S. The molecule has 1 aliphatic rings. The van der Waals surface area contributed by atoms with Gasteiger partial charge < -0.3 is 14.2 Å². The molecule has 1 aromatic carbocycles. The Bertz CT molecular complexity index is 846. The molecule has 0 saturated carbocycles. The van der Waals surface area contributed by atoms with E-state index in [1.807, 2.05) is 0 Å². The number of amides is 2. The maximum atomic E-state index is 12.0. The largest absolute Gasteiger partial charge is 0.534 e. The Balaban J connectivity index is 2.10. The van der Waals surface area contributed by atoms with Crippen LogP contribution < -0.4 is 9.47 Å².